The van der Waals surface area contributed by atoms with Crippen LogP contribution in [0.5, 0.6) is 0 Å². The standard InChI is InChI=1S/C12H15FN2O/c1-9-7-15(5-3-12(9)16)8-10-2-4-14-6-11(10)13/h2,4,6,9H,3,5,7-8H2,1H3. The molecule has 1 fully saturated rings. The number of hydrogen-bond acceptors (Lipinski definition) is 3. The summed E-state index contributed by atoms with van der Waals surface area (Å²) in [5.41, 5.74) is 0.650. The van der Waals surface area contributed by atoms with Gasteiger partial charge in [0.2, 0.25) is 0 Å². The summed E-state index contributed by atoms with van der Waals surface area (Å²) in [5.74, 6) is 0.108. The van der Waals surface area contributed by atoms with Crippen molar-refractivity contribution in [1.82, 2.24) is 9.88 Å². The van der Waals surface area contributed by atoms with Crippen LogP contribution in [-0.4, -0.2) is 28.8 Å². The zero-order valence-electron chi connectivity index (χ0n) is 9.32. The van der Waals surface area contributed by atoms with Crippen LogP contribution in [0, 0.1) is 11.7 Å². The number of hydrogen-bond donors (Lipinski definition) is 0. The Morgan fingerprint density at radius 2 is 2.44 bits per heavy atom. The second-order valence-electron chi connectivity index (χ2n) is 4.32. The Bertz CT molecular complexity index is 394. The van der Waals surface area contributed by atoms with Gasteiger partial charge in [0.1, 0.15) is 11.6 Å². The van der Waals surface area contributed by atoms with Crippen LogP contribution in [0.2, 0.25) is 0 Å². The molecule has 0 radical (unpaired) electrons. The maximum atomic E-state index is 13.4. The first-order chi connectivity index (χ1) is 7.66. The summed E-state index contributed by atoms with van der Waals surface area (Å²) in [4.78, 5) is 17.2. The minimum atomic E-state index is -0.271. The number of likely N-dealkylation sites (tertiary alicyclic amines) is 1. The van der Waals surface area contributed by atoms with Crippen molar-refractivity contribution in [2.75, 3.05) is 13.1 Å². The van der Waals surface area contributed by atoms with Gasteiger partial charge in [-0.1, -0.05) is 6.92 Å². The number of rotatable bonds is 2. The van der Waals surface area contributed by atoms with Gasteiger partial charge in [-0.3, -0.25) is 14.7 Å². The monoisotopic (exact) mass is 222 g/mol. The Morgan fingerprint density at radius 1 is 1.62 bits per heavy atom. The average Bonchev–Trinajstić information content (AvgIpc) is 2.27. The molecule has 1 atom stereocenters. The molecule has 2 heterocycles. The van der Waals surface area contributed by atoms with Gasteiger partial charge in [-0.2, -0.15) is 0 Å². The lowest BCUT2D eigenvalue weighted by molar-refractivity contribution is -0.125. The molecule has 0 aromatic carbocycles. The van der Waals surface area contributed by atoms with Gasteiger partial charge in [0.25, 0.3) is 0 Å². The molecule has 4 heteroatoms. The van der Waals surface area contributed by atoms with E-state index in [1.165, 1.54) is 6.20 Å². The van der Waals surface area contributed by atoms with E-state index in [4.69, 9.17) is 0 Å². The van der Waals surface area contributed by atoms with Gasteiger partial charge in [0, 0.05) is 43.7 Å². The summed E-state index contributed by atoms with van der Waals surface area (Å²) >= 11 is 0. The number of ketones is 1. The molecule has 0 N–H and O–H groups in total. The zero-order valence-corrected chi connectivity index (χ0v) is 9.32. The molecule has 2 rings (SSSR count). The molecular formula is C12H15FN2O. The van der Waals surface area contributed by atoms with Gasteiger partial charge in [0.05, 0.1) is 6.20 Å². The van der Waals surface area contributed by atoms with Crippen LogP contribution >= 0.6 is 0 Å². The molecule has 3 nitrogen and oxygen atoms in total. The molecule has 1 aliphatic rings. The number of pyridine rings is 1. The predicted octanol–water partition coefficient (Wildman–Crippen LogP) is 1.63. The Labute approximate surface area is 94.3 Å². The fourth-order valence-corrected chi connectivity index (χ4v) is 2.01. The molecule has 0 saturated carbocycles. The summed E-state index contributed by atoms with van der Waals surface area (Å²) in [6, 6.07) is 1.69. The fourth-order valence-electron chi connectivity index (χ4n) is 2.01. The molecule has 1 unspecified atom stereocenters. The molecule has 1 saturated heterocycles. The predicted molar refractivity (Wildman–Crippen MR) is 58.3 cm³/mol. The van der Waals surface area contributed by atoms with Crippen molar-refractivity contribution in [2.24, 2.45) is 5.92 Å². The molecule has 0 aliphatic carbocycles. The number of carbonyl (C=O) groups excluding carboxylic acids is 1. The van der Waals surface area contributed by atoms with E-state index in [1.54, 1.807) is 12.3 Å². The van der Waals surface area contributed by atoms with Crippen molar-refractivity contribution in [3.63, 3.8) is 0 Å². The number of carbonyl (C=O) groups is 1. The van der Waals surface area contributed by atoms with Gasteiger partial charge in [0.15, 0.2) is 0 Å². The number of Topliss-reactive ketones (excluding diaryl/α,β-unsaturated/α-hetero) is 1. The zero-order chi connectivity index (χ0) is 11.5. The first-order valence-electron chi connectivity index (χ1n) is 5.50. The number of piperidine rings is 1. The topological polar surface area (TPSA) is 33.2 Å². The van der Waals surface area contributed by atoms with E-state index >= 15 is 0 Å². The van der Waals surface area contributed by atoms with Crippen molar-refractivity contribution in [3.8, 4) is 0 Å². The molecule has 86 valence electrons. The van der Waals surface area contributed by atoms with Crippen LogP contribution in [0.15, 0.2) is 18.5 Å². The van der Waals surface area contributed by atoms with E-state index in [0.29, 0.717) is 24.3 Å². The van der Waals surface area contributed by atoms with Crippen LogP contribution in [-0.2, 0) is 11.3 Å². The Morgan fingerprint density at radius 3 is 3.12 bits per heavy atom. The van der Waals surface area contributed by atoms with Crippen LogP contribution in [0.4, 0.5) is 4.39 Å². The first kappa shape index (κ1) is 11.2. The van der Waals surface area contributed by atoms with Crippen LogP contribution in [0.3, 0.4) is 0 Å². The summed E-state index contributed by atoms with van der Waals surface area (Å²) in [6.45, 7) is 3.94. The molecular weight excluding hydrogens is 207 g/mol. The highest BCUT2D eigenvalue weighted by molar-refractivity contribution is 5.81. The van der Waals surface area contributed by atoms with E-state index in [1.807, 2.05) is 6.92 Å². The fraction of sp³-hybridized carbons (Fsp3) is 0.500. The Balaban J connectivity index is 2.01. The van der Waals surface area contributed by atoms with Gasteiger partial charge >= 0.3 is 0 Å². The minimum Gasteiger partial charge on any atom is -0.299 e. The average molecular weight is 222 g/mol. The minimum absolute atomic E-state index is 0.0682. The van der Waals surface area contributed by atoms with Crippen molar-refractivity contribution >= 4 is 5.78 Å². The van der Waals surface area contributed by atoms with Crippen LogP contribution in [0.25, 0.3) is 0 Å². The SMILES string of the molecule is CC1CN(Cc2ccncc2F)CCC1=O. The first-order valence-corrected chi connectivity index (χ1v) is 5.50. The largest absolute Gasteiger partial charge is 0.299 e. The molecule has 0 amide bonds. The van der Waals surface area contributed by atoms with Gasteiger partial charge < -0.3 is 0 Å². The van der Waals surface area contributed by atoms with E-state index in [2.05, 4.69) is 9.88 Å². The van der Waals surface area contributed by atoms with Crippen molar-refractivity contribution < 1.29 is 9.18 Å². The quantitative estimate of drug-likeness (QED) is 0.762. The molecule has 0 spiro atoms. The smallest absolute Gasteiger partial charge is 0.145 e. The van der Waals surface area contributed by atoms with Gasteiger partial charge in [-0.15, -0.1) is 0 Å². The Hall–Kier alpha value is -1.29. The van der Waals surface area contributed by atoms with Gasteiger partial charge in [-0.05, 0) is 6.07 Å². The van der Waals surface area contributed by atoms with Crippen molar-refractivity contribution in [3.05, 3.63) is 29.8 Å². The lowest BCUT2D eigenvalue weighted by Gasteiger charge is -2.29. The molecule has 1 aromatic rings. The third-order valence-electron chi connectivity index (χ3n) is 3.01. The van der Waals surface area contributed by atoms with E-state index in [-0.39, 0.29) is 11.7 Å². The highest BCUT2D eigenvalue weighted by Gasteiger charge is 2.23. The number of halogens is 1. The highest BCUT2D eigenvalue weighted by atomic mass is 19.1. The van der Waals surface area contributed by atoms with Crippen LogP contribution < -0.4 is 0 Å². The molecule has 16 heavy (non-hydrogen) atoms. The Kier molecular flexibility index (Phi) is 3.29. The summed E-state index contributed by atoms with van der Waals surface area (Å²) in [5, 5.41) is 0. The number of aromatic nitrogens is 1. The highest BCUT2D eigenvalue weighted by Crippen LogP contribution is 2.16. The summed E-state index contributed by atoms with van der Waals surface area (Å²) in [7, 11) is 0. The van der Waals surface area contributed by atoms with Crippen molar-refractivity contribution in [2.45, 2.75) is 19.9 Å². The van der Waals surface area contributed by atoms with Gasteiger partial charge in [-0.25, -0.2) is 4.39 Å². The summed E-state index contributed by atoms with van der Waals surface area (Å²) < 4.78 is 13.4. The van der Waals surface area contributed by atoms with Crippen LogP contribution in [0.1, 0.15) is 18.9 Å². The second-order valence-corrected chi connectivity index (χ2v) is 4.32. The maximum absolute atomic E-state index is 13.4. The van der Waals surface area contributed by atoms with E-state index in [9.17, 15) is 9.18 Å². The molecule has 0 bridgehead atoms. The summed E-state index contributed by atoms with van der Waals surface area (Å²) in [6.07, 6.45) is 3.40. The molecule has 1 aliphatic heterocycles. The lowest BCUT2D eigenvalue weighted by Crippen LogP contribution is -2.39. The lowest BCUT2D eigenvalue weighted by atomic mass is 9.98. The maximum Gasteiger partial charge on any atom is 0.145 e. The van der Waals surface area contributed by atoms with Crippen molar-refractivity contribution in [1.29, 1.82) is 0 Å². The second kappa shape index (κ2) is 4.70. The molecule has 1 aromatic heterocycles. The number of nitrogens with zero attached hydrogens (tertiary/aromatic N) is 2. The van der Waals surface area contributed by atoms with E-state index < -0.39 is 0 Å². The normalized spacial score (nSPS) is 22.4. The third-order valence-corrected chi connectivity index (χ3v) is 3.01. The van der Waals surface area contributed by atoms with E-state index in [0.717, 1.165) is 13.1 Å². The third kappa shape index (κ3) is 2.44.